The van der Waals surface area contributed by atoms with Crippen LogP contribution in [0.4, 0.5) is 4.79 Å². The Kier molecular flexibility index (Phi) is 9.16. The largest absolute Gasteiger partial charge is 0.478 e. The molecule has 0 spiro atoms. The maximum Gasteiger partial charge on any atom is 0.337 e. The second kappa shape index (κ2) is 8.35. The molecule has 5 nitrogen and oxygen atoms in total. The van der Waals surface area contributed by atoms with Gasteiger partial charge in [-0.1, -0.05) is 6.58 Å². The summed E-state index contributed by atoms with van der Waals surface area (Å²) in [7, 11) is 0. The van der Waals surface area contributed by atoms with Crippen molar-refractivity contribution in [2.45, 2.75) is 6.92 Å². The number of carboxylic acids is 1. The molecule has 2 amide bonds. The van der Waals surface area contributed by atoms with Gasteiger partial charge in [0.05, 0.1) is 0 Å². The van der Waals surface area contributed by atoms with Crippen molar-refractivity contribution in [2.24, 2.45) is 10.7 Å². The number of nitrogens with two attached hydrogens (primary N) is 1. The fourth-order valence-corrected chi connectivity index (χ4v) is 0.127. The first-order chi connectivity index (χ1) is 5.04. The first kappa shape index (κ1) is 12.1. The van der Waals surface area contributed by atoms with E-state index in [0.29, 0.717) is 0 Å². The number of hydrogen-bond acceptors (Lipinski definition) is 2. The molecule has 0 aliphatic rings. The molecular weight excluding hydrogens is 148 g/mol. The monoisotopic (exact) mass is 158 g/mol. The fraction of sp³-hybridized carbons (Fsp3) is 0.167. The van der Waals surface area contributed by atoms with E-state index in [2.05, 4.69) is 17.3 Å². The molecule has 3 N–H and O–H groups in total. The number of hydrogen-bond donors (Lipinski definition) is 2. The molecule has 5 heteroatoms. The quantitative estimate of drug-likeness (QED) is 0.427. The highest BCUT2D eigenvalue weighted by molar-refractivity contribution is 5.81. The molecule has 0 aromatic heterocycles. The van der Waals surface area contributed by atoms with E-state index in [0.717, 1.165) is 6.08 Å². The molecule has 0 aromatic carbocycles. The van der Waals surface area contributed by atoms with Crippen LogP contribution in [0.3, 0.4) is 0 Å². The van der Waals surface area contributed by atoms with E-state index in [-0.39, 0.29) is 0 Å². The third-order valence-corrected chi connectivity index (χ3v) is 0.431. The summed E-state index contributed by atoms with van der Waals surface area (Å²) in [5.41, 5.74) is 4.57. The summed E-state index contributed by atoms with van der Waals surface area (Å²) < 4.78 is 0. The minimum absolute atomic E-state index is 0.641. The minimum Gasteiger partial charge on any atom is -0.478 e. The summed E-state index contributed by atoms with van der Waals surface area (Å²) in [4.78, 5) is 22.0. The topological polar surface area (TPSA) is 92.8 Å². The molecule has 0 atom stereocenters. The molecule has 62 valence electrons. The van der Waals surface area contributed by atoms with Gasteiger partial charge in [-0.25, -0.2) is 14.6 Å². The summed E-state index contributed by atoms with van der Waals surface area (Å²) in [6, 6.07) is -0.641. The smallest absolute Gasteiger partial charge is 0.337 e. The Labute approximate surface area is 64.2 Å². The third kappa shape index (κ3) is 30.0. The van der Waals surface area contributed by atoms with Crippen molar-refractivity contribution >= 4 is 18.2 Å². The Bertz CT molecular complexity index is 175. The molecular formula is C6H10N2O3. The first-order valence-electron chi connectivity index (χ1n) is 2.68. The molecule has 0 unspecified atom stereocenters. The van der Waals surface area contributed by atoms with Gasteiger partial charge in [0.25, 0.3) is 0 Å². The van der Waals surface area contributed by atoms with Gasteiger partial charge in [0.2, 0.25) is 0 Å². The number of aliphatic carboxylic acids is 1. The third-order valence-electron chi connectivity index (χ3n) is 0.431. The lowest BCUT2D eigenvalue weighted by molar-refractivity contribution is -0.131. The zero-order valence-corrected chi connectivity index (χ0v) is 6.15. The van der Waals surface area contributed by atoms with Gasteiger partial charge in [-0.3, -0.25) is 0 Å². The summed E-state index contributed by atoms with van der Waals surface area (Å²) in [6.45, 7) is 4.59. The average molecular weight is 158 g/mol. The highest BCUT2D eigenvalue weighted by Crippen LogP contribution is 1.59. The van der Waals surface area contributed by atoms with Crippen LogP contribution in [0.2, 0.25) is 0 Å². The minimum atomic E-state index is -0.981. The van der Waals surface area contributed by atoms with E-state index in [1.165, 1.54) is 6.21 Å². The number of urea groups is 1. The van der Waals surface area contributed by atoms with Crippen LogP contribution < -0.4 is 5.73 Å². The van der Waals surface area contributed by atoms with Gasteiger partial charge in [0.1, 0.15) is 0 Å². The van der Waals surface area contributed by atoms with Crippen molar-refractivity contribution in [2.75, 3.05) is 0 Å². The molecule has 0 aliphatic heterocycles. The molecule has 0 aliphatic carbocycles. The Balaban J connectivity index is 0. The van der Waals surface area contributed by atoms with Gasteiger partial charge in [-0.2, -0.15) is 0 Å². The van der Waals surface area contributed by atoms with E-state index in [4.69, 9.17) is 5.11 Å². The molecule has 0 aromatic rings. The number of carboxylic acid groups (broad SMARTS) is 1. The van der Waals surface area contributed by atoms with E-state index in [1.54, 1.807) is 6.92 Å². The van der Waals surface area contributed by atoms with Crippen molar-refractivity contribution in [1.82, 2.24) is 0 Å². The molecule has 0 saturated carbocycles. The van der Waals surface area contributed by atoms with Crippen LogP contribution in [0.15, 0.2) is 17.6 Å². The molecule has 0 saturated heterocycles. The number of nitrogens with zero attached hydrogens (tertiary/aromatic N) is 1. The van der Waals surface area contributed by atoms with Gasteiger partial charge in [-0.05, 0) is 6.92 Å². The second-order valence-electron chi connectivity index (χ2n) is 1.27. The van der Waals surface area contributed by atoms with E-state index >= 15 is 0 Å². The summed E-state index contributed by atoms with van der Waals surface area (Å²) in [5.74, 6) is -0.981. The summed E-state index contributed by atoms with van der Waals surface area (Å²) in [6.07, 6.45) is 2.18. The van der Waals surface area contributed by atoms with Crippen LogP contribution >= 0.6 is 0 Å². The van der Waals surface area contributed by atoms with Crippen molar-refractivity contribution in [3.63, 3.8) is 0 Å². The number of rotatable bonds is 1. The number of aliphatic imine (C=N–C) groups is 1. The van der Waals surface area contributed by atoms with Crippen LogP contribution in [-0.2, 0) is 4.79 Å². The molecule has 0 rings (SSSR count). The van der Waals surface area contributed by atoms with Crippen LogP contribution in [0, 0.1) is 0 Å². The average Bonchev–Trinajstić information content (AvgIpc) is 1.89. The predicted molar refractivity (Wildman–Crippen MR) is 41.6 cm³/mol. The van der Waals surface area contributed by atoms with E-state index in [9.17, 15) is 9.59 Å². The van der Waals surface area contributed by atoms with Crippen molar-refractivity contribution < 1.29 is 14.7 Å². The predicted octanol–water partition coefficient (Wildman–Crippen LogP) is 0.413. The van der Waals surface area contributed by atoms with Crippen molar-refractivity contribution in [1.29, 1.82) is 0 Å². The number of primary amides is 1. The molecule has 11 heavy (non-hydrogen) atoms. The highest BCUT2D eigenvalue weighted by Gasteiger charge is 1.74. The number of amides is 2. The molecule has 0 bridgehead atoms. The normalized spacial score (nSPS) is 8.09. The SMILES string of the molecule is C=CC(=O)O.CC=NC(N)=O. The lowest BCUT2D eigenvalue weighted by Gasteiger charge is -1.70. The Morgan fingerprint density at radius 3 is 2.00 bits per heavy atom. The lowest BCUT2D eigenvalue weighted by Crippen LogP contribution is -2.02. The van der Waals surface area contributed by atoms with E-state index < -0.39 is 12.0 Å². The zero-order chi connectivity index (χ0) is 9.28. The molecule has 0 heterocycles. The van der Waals surface area contributed by atoms with Gasteiger partial charge in [0, 0.05) is 12.3 Å². The van der Waals surface area contributed by atoms with Crippen LogP contribution in [0.25, 0.3) is 0 Å². The number of carbonyl (C=O) groups is 2. The summed E-state index contributed by atoms with van der Waals surface area (Å²) in [5, 5.41) is 7.60. The molecule has 0 fully saturated rings. The maximum absolute atomic E-state index is 9.62. The second-order valence-corrected chi connectivity index (χ2v) is 1.27. The standard InChI is InChI=1S/C3H6N2O.C3H4O2/c1-2-5-3(4)6;1-2-3(4)5/h2H,1H3,(H2,4,6);2H,1H2,(H,4,5). The molecule has 0 radical (unpaired) electrons. The van der Waals surface area contributed by atoms with Crippen LogP contribution in [0.5, 0.6) is 0 Å². The van der Waals surface area contributed by atoms with Crippen LogP contribution in [-0.4, -0.2) is 23.3 Å². The highest BCUT2D eigenvalue weighted by atomic mass is 16.4. The lowest BCUT2D eigenvalue weighted by atomic mass is 10.7. The number of carbonyl (C=O) groups excluding carboxylic acids is 1. The zero-order valence-electron chi connectivity index (χ0n) is 6.15. The van der Waals surface area contributed by atoms with Gasteiger partial charge >= 0.3 is 12.0 Å². The van der Waals surface area contributed by atoms with Crippen molar-refractivity contribution in [3.8, 4) is 0 Å². The summed E-state index contributed by atoms with van der Waals surface area (Å²) >= 11 is 0. The van der Waals surface area contributed by atoms with E-state index in [1.807, 2.05) is 0 Å². The van der Waals surface area contributed by atoms with Gasteiger partial charge < -0.3 is 10.8 Å². The Hall–Kier alpha value is -1.65. The first-order valence-corrected chi connectivity index (χ1v) is 2.68. The fourth-order valence-electron chi connectivity index (χ4n) is 0.127. The van der Waals surface area contributed by atoms with Crippen molar-refractivity contribution in [3.05, 3.63) is 12.7 Å². The maximum atomic E-state index is 9.62. The Morgan fingerprint density at radius 2 is 2.00 bits per heavy atom. The Morgan fingerprint density at radius 1 is 1.64 bits per heavy atom. The van der Waals surface area contributed by atoms with Gasteiger partial charge in [-0.15, -0.1) is 0 Å². The van der Waals surface area contributed by atoms with Crippen LogP contribution in [0.1, 0.15) is 6.92 Å². The van der Waals surface area contributed by atoms with Gasteiger partial charge in [0.15, 0.2) is 0 Å².